The molecular weight excluding hydrogens is 280 g/mol. The fourth-order valence-electron chi connectivity index (χ4n) is 2.86. The molecule has 3 rings (SSSR count). The zero-order valence-electron chi connectivity index (χ0n) is 12.2. The molecule has 1 fully saturated rings. The second-order valence-corrected chi connectivity index (χ2v) is 5.93. The van der Waals surface area contributed by atoms with Crippen molar-refractivity contribution >= 4 is 33.8 Å². The Kier molecular flexibility index (Phi) is 4.03. The molecule has 0 radical (unpaired) electrons. The summed E-state index contributed by atoms with van der Waals surface area (Å²) in [6.45, 7) is 5.91. The first-order valence-corrected chi connectivity index (χ1v) is 7.69. The number of anilines is 1. The van der Waals surface area contributed by atoms with Crippen molar-refractivity contribution in [3.63, 3.8) is 0 Å². The minimum Gasteiger partial charge on any atom is -0.392 e. The number of nitrogens with two attached hydrogens (primary N) is 1. The Morgan fingerprint density at radius 2 is 1.90 bits per heavy atom. The Morgan fingerprint density at radius 1 is 1.19 bits per heavy atom. The first-order valence-electron chi connectivity index (χ1n) is 7.29. The smallest absolute Gasteiger partial charge is 0.136 e. The lowest BCUT2D eigenvalue weighted by molar-refractivity contribution is 0.239. The van der Waals surface area contributed by atoms with E-state index in [1.165, 1.54) is 10.8 Å². The lowest BCUT2D eigenvalue weighted by Gasteiger charge is -2.38. The third kappa shape index (κ3) is 2.84. The van der Waals surface area contributed by atoms with E-state index in [2.05, 4.69) is 52.0 Å². The highest BCUT2D eigenvalue weighted by Gasteiger charge is 2.23. The zero-order chi connectivity index (χ0) is 14.8. The van der Waals surface area contributed by atoms with Gasteiger partial charge in [0, 0.05) is 37.8 Å². The van der Waals surface area contributed by atoms with Crippen LogP contribution in [0.3, 0.4) is 0 Å². The maximum absolute atomic E-state index is 5.75. The molecule has 110 valence electrons. The van der Waals surface area contributed by atoms with Gasteiger partial charge in [-0.2, -0.15) is 0 Å². The van der Waals surface area contributed by atoms with E-state index >= 15 is 0 Å². The summed E-state index contributed by atoms with van der Waals surface area (Å²) in [5.41, 5.74) is 5.75. The van der Waals surface area contributed by atoms with Gasteiger partial charge in [0.25, 0.3) is 0 Å². The van der Waals surface area contributed by atoms with E-state index in [-0.39, 0.29) is 6.04 Å². The molecular formula is C16H20N4S. The van der Waals surface area contributed by atoms with Gasteiger partial charge < -0.3 is 10.6 Å². The number of benzene rings is 1. The normalized spacial score (nSPS) is 17.9. The molecule has 1 unspecified atom stereocenters. The van der Waals surface area contributed by atoms with Crippen molar-refractivity contribution < 1.29 is 0 Å². The van der Waals surface area contributed by atoms with Crippen LogP contribution in [0.4, 0.5) is 5.82 Å². The zero-order valence-corrected chi connectivity index (χ0v) is 13.0. The lowest BCUT2D eigenvalue weighted by Crippen LogP contribution is -2.52. The SMILES string of the molecule is CC(C(N)=S)N1CCN(c2nccc3ccccc23)CC1. The van der Waals surface area contributed by atoms with Crippen LogP contribution in [0, 0.1) is 0 Å². The van der Waals surface area contributed by atoms with Crippen LogP contribution in [0.15, 0.2) is 36.5 Å². The van der Waals surface area contributed by atoms with Crippen LogP contribution in [-0.4, -0.2) is 47.1 Å². The van der Waals surface area contributed by atoms with Gasteiger partial charge in [-0.05, 0) is 18.4 Å². The Balaban J connectivity index is 1.79. The molecule has 2 heterocycles. The van der Waals surface area contributed by atoms with Crippen molar-refractivity contribution in [2.45, 2.75) is 13.0 Å². The second-order valence-electron chi connectivity index (χ2n) is 5.46. The van der Waals surface area contributed by atoms with Crippen LogP contribution in [0.2, 0.25) is 0 Å². The van der Waals surface area contributed by atoms with Gasteiger partial charge in [-0.3, -0.25) is 4.90 Å². The van der Waals surface area contributed by atoms with Crippen molar-refractivity contribution in [1.29, 1.82) is 0 Å². The number of piperazine rings is 1. The predicted octanol–water partition coefficient (Wildman–Crippen LogP) is 2.03. The first-order chi connectivity index (χ1) is 10.2. The van der Waals surface area contributed by atoms with Gasteiger partial charge in [0.05, 0.1) is 11.0 Å². The summed E-state index contributed by atoms with van der Waals surface area (Å²) in [6, 6.07) is 10.6. The number of thiocarbonyl (C=S) groups is 1. The number of rotatable bonds is 3. The molecule has 0 saturated carbocycles. The fourth-order valence-corrected chi connectivity index (χ4v) is 3.01. The average Bonchev–Trinajstić information content (AvgIpc) is 2.53. The molecule has 0 aliphatic carbocycles. The standard InChI is InChI=1S/C16H20N4S/c1-12(15(17)21)19-8-10-20(11-9-19)16-14-5-3-2-4-13(14)6-7-18-16/h2-7,12H,8-11H2,1H3,(H2,17,21). The number of aromatic nitrogens is 1. The molecule has 0 bridgehead atoms. The van der Waals surface area contributed by atoms with E-state index in [0.717, 1.165) is 32.0 Å². The van der Waals surface area contributed by atoms with E-state index < -0.39 is 0 Å². The number of fused-ring (bicyclic) bond motifs is 1. The van der Waals surface area contributed by atoms with Crippen molar-refractivity contribution in [2.75, 3.05) is 31.1 Å². The van der Waals surface area contributed by atoms with Crippen molar-refractivity contribution in [3.8, 4) is 0 Å². The quantitative estimate of drug-likeness (QED) is 0.879. The van der Waals surface area contributed by atoms with Crippen LogP contribution in [0.1, 0.15) is 6.92 Å². The molecule has 0 spiro atoms. The molecule has 4 nitrogen and oxygen atoms in total. The highest BCUT2D eigenvalue weighted by molar-refractivity contribution is 7.80. The maximum Gasteiger partial charge on any atom is 0.136 e. The maximum atomic E-state index is 5.75. The van der Waals surface area contributed by atoms with Crippen LogP contribution in [0.25, 0.3) is 10.8 Å². The first kappa shape index (κ1) is 14.2. The molecule has 1 aromatic carbocycles. The van der Waals surface area contributed by atoms with Gasteiger partial charge in [0.15, 0.2) is 0 Å². The van der Waals surface area contributed by atoms with Gasteiger partial charge in [0.2, 0.25) is 0 Å². The molecule has 1 aliphatic rings. The molecule has 2 aromatic rings. The minimum absolute atomic E-state index is 0.169. The average molecular weight is 300 g/mol. The second kappa shape index (κ2) is 5.95. The highest BCUT2D eigenvalue weighted by Crippen LogP contribution is 2.25. The van der Waals surface area contributed by atoms with Crippen molar-refractivity contribution in [2.24, 2.45) is 5.73 Å². The fraction of sp³-hybridized carbons (Fsp3) is 0.375. The van der Waals surface area contributed by atoms with Gasteiger partial charge in [-0.25, -0.2) is 4.98 Å². The number of pyridine rings is 1. The number of nitrogens with zero attached hydrogens (tertiary/aromatic N) is 3. The summed E-state index contributed by atoms with van der Waals surface area (Å²) in [5.74, 6) is 1.08. The minimum atomic E-state index is 0.169. The molecule has 1 aromatic heterocycles. The third-order valence-electron chi connectivity index (χ3n) is 4.23. The Bertz CT molecular complexity index is 644. The Labute approximate surface area is 130 Å². The van der Waals surface area contributed by atoms with E-state index in [9.17, 15) is 0 Å². The van der Waals surface area contributed by atoms with E-state index in [0.29, 0.717) is 4.99 Å². The van der Waals surface area contributed by atoms with Gasteiger partial charge >= 0.3 is 0 Å². The summed E-state index contributed by atoms with van der Waals surface area (Å²) < 4.78 is 0. The van der Waals surface area contributed by atoms with Gasteiger partial charge in [-0.1, -0.05) is 36.5 Å². The largest absolute Gasteiger partial charge is 0.392 e. The Hall–Kier alpha value is -1.72. The highest BCUT2D eigenvalue weighted by atomic mass is 32.1. The molecule has 21 heavy (non-hydrogen) atoms. The summed E-state index contributed by atoms with van der Waals surface area (Å²) in [6.07, 6.45) is 1.89. The van der Waals surface area contributed by atoms with Gasteiger partial charge in [0.1, 0.15) is 5.82 Å². The molecule has 5 heteroatoms. The van der Waals surface area contributed by atoms with Crippen LogP contribution < -0.4 is 10.6 Å². The molecule has 0 amide bonds. The summed E-state index contributed by atoms with van der Waals surface area (Å²) in [7, 11) is 0. The Morgan fingerprint density at radius 3 is 2.62 bits per heavy atom. The predicted molar refractivity (Wildman–Crippen MR) is 91.8 cm³/mol. The molecule has 1 saturated heterocycles. The summed E-state index contributed by atoms with van der Waals surface area (Å²) in [5, 5.41) is 2.46. The van der Waals surface area contributed by atoms with E-state index in [1.54, 1.807) is 0 Å². The van der Waals surface area contributed by atoms with E-state index in [4.69, 9.17) is 18.0 Å². The van der Waals surface area contributed by atoms with Gasteiger partial charge in [-0.15, -0.1) is 0 Å². The number of hydrogen-bond acceptors (Lipinski definition) is 4. The molecule has 1 aliphatic heterocycles. The van der Waals surface area contributed by atoms with Crippen LogP contribution in [0.5, 0.6) is 0 Å². The van der Waals surface area contributed by atoms with E-state index in [1.807, 2.05) is 6.20 Å². The summed E-state index contributed by atoms with van der Waals surface area (Å²) >= 11 is 5.10. The van der Waals surface area contributed by atoms with Crippen molar-refractivity contribution in [3.05, 3.63) is 36.5 Å². The van der Waals surface area contributed by atoms with Crippen LogP contribution >= 0.6 is 12.2 Å². The third-order valence-corrected chi connectivity index (χ3v) is 4.57. The summed E-state index contributed by atoms with van der Waals surface area (Å²) in [4.78, 5) is 9.86. The molecule has 1 atom stereocenters. The topological polar surface area (TPSA) is 45.4 Å². The monoisotopic (exact) mass is 300 g/mol. The number of hydrogen-bond donors (Lipinski definition) is 1. The van der Waals surface area contributed by atoms with Crippen molar-refractivity contribution in [1.82, 2.24) is 9.88 Å². The lowest BCUT2D eigenvalue weighted by atomic mass is 10.1. The molecule has 2 N–H and O–H groups in total. The van der Waals surface area contributed by atoms with Crippen LogP contribution in [-0.2, 0) is 0 Å².